The van der Waals surface area contributed by atoms with Crippen LogP contribution < -0.4 is 15.6 Å². The van der Waals surface area contributed by atoms with E-state index in [4.69, 9.17) is 9.15 Å². The van der Waals surface area contributed by atoms with Crippen molar-refractivity contribution in [3.05, 3.63) is 64.3 Å². The van der Waals surface area contributed by atoms with Crippen LogP contribution in [0.5, 0.6) is 5.75 Å². The van der Waals surface area contributed by atoms with E-state index >= 15 is 0 Å². The molecule has 0 saturated heterocycles. The number of hydrogen-bond acceptors (Lipinski definition) is 4. The number of aromatic nitrogens is 1. The number of carbonyl (C=O) groups excluding carboxylic acids is 1. The van der Waals surface area contributed by atoms with Gasteiger partial charge in [-0.25, -0.2) is 4.79 Å². The van der Waals surface area contributed by atoms with Gasteiger partial charge in [0.25, 0.3) is 5.56 Å². The normalized spacial score (nSPS) is 14.6. The number of fused-ring (bicyclic) bond motifs is 1. The Morgan fingerprint density at radius 3 is 2.77 bits per heavy atom. The fourth-order valence-electron chi connectivity index (χ4n) is 3.98. The number of pyridine rings is 1. The lowest BCUT2D eigenvalue weighted by Crippen LogP contribution is -2.45. The number of aromatic amines is 1. The van der Waals surface area contributed by atoms with E-state index < -0.39 is 0 Å². The molecule has 1 fully saturated rings. The van der Waals surface area contributed by atoms with Crippen LogP contribution in [0.15, 0.2) is 51.9 Å². The topological polar surface area (TPSA) is 87.6 Å². The molecule has 2 heterocycles. The number of nitrogens with one attached hydrogen (secondary N) is 2. The van der Waals surface area contributed by atoms with Crippen molar-refractivity contribution in [2.75, 3.05) is 7.11 Å². The molecule has 2 N–H and O–H groups in total. The highest BCUT2D eigenvalue weighted by molar-refractivity contribution is 5.80. The maximum Gasteiger partial charge on any atom is 0.318 e. The number of hydrogen-bond donors (Lipinski definition) is 2. The van der Waals surface area contributed by atoms with E-state index in [9.17, 15) is 9.59 Å². The summed E-state index contributed by atoms with van der Waals surface area (Å²) in [5.74, 6) is 1.35. The summed E-state index contributed by atoms with van der Waals surface area (Å²) in [6.07, 6.45) is 7.08. The summed E-state index contributed by atoms with van der Waals surface area (Å²) in [5, 5.41) is 4.03. The van der Waals surface area contributed by atoms with E-state index in [1.165, 1.54) is 6.42 Å². The van der Waals surface area contributed by atoms with Gasteiger partial charge in [0.05, 0.1) is 32.0 Å². The van der Waals surface area contributed by atoms with Gasteiger partial charge < -0.3 is 24.4 Å². The molecule has 1 aliphatic rings. The van der Waals surface area contributed by atoms with Crippen molar-refractivity contribution >= 4 is 16.9 Å². The average Bonchev–Trinajstić information content (AvgIpc) is 3.27. The van der Waals surface area contributed by atoms with Crippen LogP contribution in [0.4, 0.5) is 4.79 Å². The van der Waals surface area contributed by atoms with Gasteiger partial charge in [-0.1, -0.05) is 19.3 Å². The number of rotatable bonds is 6. The molecule has 30 heavy (non-hydrogen) atoms. The van der Waals surface area contributed by atoms with Crippen molar-refractivity contribution in [2.24, 2.45) is 0 Å². The van der Waals surface area contributed by atoms with Crippen molar-refractivity contribution < 1.29 is 13.9 Å². The molecule has 7 nitrogen and oxygen atoms in total. The Kier molecular flexibility index (Phi) is 6.07. The largest absolute Gasteiger partial charge is 0.497 e. The van der Waals surface area contributed by atoms with Crippen LogP contribution in [-0.2, 0) is 13.1 Å². The van der Waals surface area contributed by atoms with Crippen LogP contribution in [0.2, 0.25) is 0 Å². The first-order valence-electron chi connectivity index (χ1n) is 10.4. The van der Waals surface area contributed by atoms with E-state index in [0.29, 0.717) is 29.1 Å². The standard InChI is InChI=1S/C23H27N3O4/c1-29-19-10-9-16-12-17(22(27)25-21(16)13-19)14-26(15-20-8-5-11-30-20)23(28)24-18-6-3-2-4-7-18/h5,8-13,18H,2-4,6-7,14-15H2,1H3,(H,24,28)(H,25,27). The van der Waals surface area contributed by atoms with Crippen LogP contribution in [0, 0.1) is 0 Å². The molecular formula is C23H27N3O4. The predicted octanol–water partition coefficient (Wildman–Crippen LogP) is 4.17. The number of nitrogens with zero attached hydrogens (tertiary/aromatic N) is 1. The predicted molar refractivity (Wildman–Crippen MR) is 114 cm³/mol. The Balaban J connectivity index is 1.58. The third kappa shape index (κ3) is 4.67. The van der Waals surface area contributed by atoms with Gasteiger partial charge in [0.2, 0.25) is 0 Å². The third-order valence-electron chi connectivity index (χ3n) is 5.64. The summed E-state index contributed by atoms with van der Waals surface area (Å²) < 4.78 is 10.7. The highest BCUT2D eigenvalue weighted by Gasteiger charge is 2.22. The molecule has 0 atom stereocenters. The molecule has 1 aromatic carbocycles. The first-order valence-corrected chi connectivity index (χ1v) is 10.4. The molecule has 0 radical (unpaired) electrons. The lowest BCUT2D eigenvalue weighted by molar-refractivity contribution is 0.179. The highest BCUT2D eigenvalue weighted by Crippen LogP contribution is 2.20. The van der Waals surface area contributed by atoms with Crippen molar-refractivity contribution in [2.45, 2.75) is 51.2 Å². The maximum atomic E-state index is 13.0. The van der Waals surface area contributed by atoms with E-state index in [1.807, 2.05) is 24.3 Å². The average molecular weight is 409 g/mol. The van der Waals surface area contributed by atoms with Crippen molar-refractivity contribution in [1.82, 2.24) is 15.2 Å². The van der Waals surface area contributed by atoms with E-state index in [-0.39, 0.29) is 24.2 Å². The zero-order chi connectivity index (χ0) is 20.9. The molecule has 0 unspecified atom stereocenters. The lowest BCUT2D eigenvalue weighted by atomic mass is 9.96. The Morgan fingerprint density at radius 1 is 1.20 bits per heavy atom. The van der Waals surface area contributed by atoms with E-state index in [0.717, 1.165) is 31.1 Å². The molecule has 158 valence electrons. The van der Waals surface area contributed by atoms with Gasteiger partial charge in [-0.3, -0.25) is 4.79 Å². The molecule has 0 aliphatic heterocycles. The summed E-state index contributed by atoms with van der Waals surface area (Å²) in [6.45, 7) is 0.488. The monoisotopic (exact) mass is 409 g/mol. The fraction of sp³-hybridized carbons (Fsp3) is 0.391. The van der Waals surface area contributed by atoms with Gasteiger partial charge in [0, 0.05) is 17.7 Å². The Labute approximate surface area is 175 Å². The first kappa shape index (κ1) is 20.1. The van der Waals surface area contributed by atoms with Gasteiger partial charge in [-0.15, -0.1) is 0 Å². The smallest absolute Gasteiger partial charge is 0.318 e. The summed E-state index contributed by atoms with van der Waals surface area (Å²) in [5.41, 5.74) is 1.01. The number of furan rings is 1. The van der Waals surface area contributed by atoms with Crippen molar-refractivity contribution in [3.8, 4) is 5.75 Å². The van der Waals surface area contributed by atoms with Crippen LogP contribution in [0.25, 0.3) is 10.9 Å². The lowest BCUT2D eigenvalue weighted by Gasteiger charge is -2.28. The molecule has 4 rings (SSSR count). The summed E-state index contributed by atoms with van der Waals surface area (Å²) in [4.78, 5) is 30.3. The Bertz CT molecular complexity index is 1050. The quantitative estimate of drug-likeness (QED) is 0.639. The molecule has 0 spiro atoms. The number of methoxy groups -OCH3 is 1. The zero-order valence-corrected chi connectivity index (χ0v) is 17.1. The maximum absolute atomic E-state index is 13.0. The minimum atomic E-state index is -0.217. The molecule has 2 amide bonds. The summed E-state index contributed by atoms with van der Waals surface area (Å²) in [6, 6.07) is 11.0. The first-order chi connectivity index (χ1) is 14.6. The molecule has 1 aliphatic carbocycles. The van der Waals surface area contributed by atoms with Crippen LogP contribution in [0.1, 0.15) is 43.4 Å². The van der Waals surface area contributed by atoms with E-state index in [2.05, 4.69) is 10.3 Å². The molecule has 0 bridgehead atoms. The second-order valence-electron chi connectivity index (χ2n) is 7.80. The van der Waals surface area contributed by atoms with E-state index in [1.54, 1.807) is 30.4 Å². The second-order valence-corrected chi connectivity index (χ2v) is 7.80. The number of H-pyrrole nitrogens is 1. The van der Waals surface area contributed by atoms with Crippen LogP contribution >= 0.6 is 0 Å². The van der Waals surface area contributed by atoms with Crippen molar-refractivity contribution in [3.63, 3.8) is 0 Å². The molecule has 2 aromatic heterocycles. The number of benzene rings is 1. The van der Waals surface area contributed by atoms with Gasteiger partial charge >= 0.3 is 6.03 Å². The van der Waals surface area contributed by atoms with Gasteiger partial charge in [-0.2, -0.15) is 0 Å². The number of carbonyl (C=O) groups is 1. The molecular weight excluding hydrogens is 382 g/mol. The van der Waals surface area contributed by atoms with Gasteiger partial charge in [0.1, 0.15) is 11.5 Å². The minimum Gasteiger partial charge on any atom is -0.497 e. The second kappa shape index (κ2) is 9.07. The SMILES string of the molecule is COc1ccc2cc(CN(Cc3ccco3)C(=O)NC3CCCCC3)c(=O)[nH]c2c1. The van der Waals surface area contributed by atoms with Crippen LogP contribution in [-0.4, -0.2) is 29.1 Å². The number of urea groups is 1. The van der Waals surface area contributed by atoms with Crippen LogP contribution in [0.3, 0.4) is 0 Å². The third-order valence-corrected chi connectivity index (χ3v) is 5.64. The molecule has 7 heteroatoms. The van der Waals surface area contributed by atoms with Gasteiger partial charge in [0.15, 0.2) is 0 Å². The fourth-order valence-corrected chi connectivity index (χ4v) is 3.98. The summed E-state index contributed by atoms with van der Waals surface area (Å²) >= 11 is 0. The Hall–Kier alpha value is -3.22. The molecule has 3 aromatic rings. The molecule has 1 saturated carbocycles. The van der Waals surface area contributed by atoms with Crippen molar-refractivity contribution in [1.29, 1.82) is 0 Å². The number of ether oxygens (including phenoxy) is 1. The Morgan fingerprint density at radius 2 is 2.03 bits per heavy atom. The summed E-state index contributed by atoms with van der Waals surface area (Å²) in [7, 11) is 1.59. The highest BCUT2D eigenvalue weighted by atomic mass is 16.5. The number of amides is 2. The van der Waals surface area contributed by atoms with Gasteiger partial charge in [-0.05, 0) is 48.6 Å². The zero-order valence-electron chi connectivity index (χ0n) is 17.1. The minimum absolute atomic E-state index is 0.174.